The van der Waals surface area contributed by atoms with Crippen molar-refractivity contribution in [3.05, 3.63) is 30.0 Å². The first-order chi connectivity index (χ1) is 9.81. The summed E-state index contributed by atoms with van der Waals surface area (Å²) in [6.07, 6.45) is 5.21. The highest BCUT2D eigenvalue weighted by Crippen LogP contribution is 2.34. The van der Waals surface area contributed by atoms with Gasteiger partial charge in [-0.1, -0.05) is 38.0 Å². The van der Waals surface area contributed by atoms with Gasteiger partial charge in [0, 0.05) is 24.4 Å². The van der Waals surface area contributed by atoms with E-state index in [-0.39, 0.29) is 0 Å². The molecule has 1 heterocycles. The Labute approximate surface area is 121 Å². The fourth-order valence-electron chi connectivity index (χ4n) is 3.10. The Balaban J connectivity index is 1.84. The smallest absolute Gasteiger partial charge is 0.0718 e. The largest absolute Gasteiger partial charge is 0.314 e. The Morgan fingerprint density at radius 2 is 2.10 bits per heavy atom. The topological polar surface area (TPSA) is 29.9 Å². The van der Waals surface area contributed by atoms with Gasteiger partial charge in [-0.25, -0.2) is 0 Å². The summed E-state index contributed by atoms with van der Waals surface area (Å²) in [6.45, 7) is 6.34. The summed E-state index contributed by atoms with van der Waals surface area (Å²) in [5.41, 5.74) is 2.53. The van der Waals surface area contributed by atoms with Crippen molar-refractivity contribution in [2.24, 2.45) is 5.92 Å². The number of aryl methyl sites for hydroxylation is 1. The number of aromatic nitrogens is 2. The fourth-order valence-corrected chi connectivity index (χ4v) is 3.10. The summed E-state index contributed by atoms with van der Waals surface area (Å²) in [6, 6.07) is 9.20. The van der Waals surface area contributed by atoms with Crippen molar-refractivity contribution in [3.8, 4) is 0 Å². The van der Waals surface area contributed by atoms with Gasteiger partial charge in [0.2, 0.25) is 0 Å². The van der Waals surface area contributed by atoms with Crippen LogP contribution < -0.4 is 5.32 Å². The summed E-state index contributed by atoms with van der Waals surface area (Å²) in [4.78, 5) is 0. The van der Waals surface area contributed by atoms with Gasteiger partial charge in [0.15, 0.2) is 0 Å². The second-order valence-electron chi connectivity index (χ2n) is 5.92. The average Bonchev–Trinajstić information content (AvgIpc) is 3.21. The molecule has 0 aliphatic heterocycles. The van der Waals surface area contributed by atoms with Crippen LogP contribution in [0.3, 0.4) is 0 Å². The maximum absolute atomic E-state index is 4.83. The molecule has 0 saturated heterocycles. The molecule has 0 spiro atoms. The minimum absolute atomic E-state index is 0.580. The number of nitrogens with zero attached hydrogens (tertiary/aromatic N) is 2. The summed E-state index contributed by atoms with van der Waals surface area (Å²) >= 11 is 0. The van der Waals surface area contributed by atoms with Crippen molar-refractivity contribution in [2.45, 2.75) is 52.1 Å². The Morgan fingerprint density at radius 3 is 2.80 bits per heavy atom. The van der Waals surface area contributed by atoms with Crippen LogP contribution in [0, 0.1) is 5.92 Å². The molecule has 1 atom stereocenters. The van der Waals surface area contributed by atoms with Crippen molar-refractivity contribution in [3.63, 3.8) is 0 Å². The lowest BCUT2D eigenvalue weighted by molar-refractivity contribution is 0.460. The zero-order valence-corrected chi connectivity index (χ0v) is 12.6. The summed E-state index contributed by atoms with van der Waals surface area (Å²) in [5, 5.41) is 9.81. The van der Waals surface area contributed by atoms with Crippen LogP contribution in [0.25, 0.3) is 10.9 Å². The molecule has 1 fully saturated rings. The zero-order valence-electron chi connectivity index (χ0n) is 12.6. The third-order valence-electron chi connectivity index (χ3n) is 4.28. The standard InChI is InChI=1S/C17H25N3/c1-3-18-14(11-13-9-10-13)12-16-15-7-5-6-8-17(15)20(4-2)19-16/h5-8,13-14,18H,3-4,9-12H2,1-2H3. The number of fused-ring (bicyclic) bond motifs is 1. The Kier molecular flexibility index (Phi) is 4.06. The lowest BCUT2D eigenvalue weighted by Crippen LogP contribution is -2.31. The van der Waals surface area contributed by atoms with Crippen LogP contribution in [0.5, 0.6) is 0 Å². The molecule has 20 heavy (non-hydrogen) atoms. The summed E-state index contributed by atoms with van der Waals surface area (Å²) < 4.78 is 2.13. The predicted molar refractivity (Wildman–Crippen MR) is 83.9 cm³/mol. The Hall–Kier alpha value is -1.35. The SMILES string of the molecule is CCNC(Cc1nn(CC)c2ccccc12)CC1CC1. The molecule has 1 aromatic carbocycles. The van der Waals surface area contributed by atoms with Crippen LogP contribution in [0.15, 0.2) is 24.3 Å². The molecule has 1 unspecified atom stereocenters. The molecule has 2 aromatic rings. The van der Waals surface area contributed by atoms with Crippen LogP contribution >= 0.6 is 0 Å². The van der Waals surface area contributed by atoms with Crippen molar-refractivity contribution in [1.29, 1.82) is 0 Å². The van der Waals surface area contributed by atoms with E-state index in [9.17, 15) is 0 Å². The van der Waals surface area contributed by atoms with Crippen molar-refractivity contribution in [1.82, 2.24) is 15.1 Å². The normalized spacial score (nSPS) is 16.7. The molecule has 1 aliphatic rings. The van der Waals surface area contributed by atoms with Gasteiger partial charge in [0.25, 0.3) is 0 Å². The second kappa shape index (κ2) is 5.96. The highest BCUT2D eigenvalue weighted by Gasteiger charge is 2.26. The van der Waals surface area contributed by atoms with Crippen LogP contribution in [0.2, 0.25) is 0 Å². The number of para-hydroxylation sites is 1. The van der Waals surface area contributed by atoms with E-state index in [0.717, 1.165) is 25.4 Å². The number of benzene rings is 1. The van der Waals surface area contributed by atoms with Gasteiger partial charge < -0.3 is 5.32 Å². The lowest BCUT2D eigenvalue weighted by atomic mass is 10.0. The Bertz CT molecular complexity index is 569. The fraction of sp³-hybridized carbons (Fsp3) is 0.588. The molecule has 0 radical (unpaired) electrons. The van der Waals surface area contributed by atoms with E-state index < -0.39 is 0 Å². The second-order valence-corrected chi connectivity index (χ2v) is 5.92. The van der Waals surface area contributed by atoms with Gasteiger partial charge >= 0.3 is 0 Å². The minimum atomic E-state index is 0.580. The first-order valence-electron chi connectivity index (χ1n) is 7.99. The summed E-state index contributed by atoms with van der Waals surface area (Å²) in [7, 11) is 0. The molecule has 0 amide bonds. The third-order valence-corrected chi connectivity index (χ3v) is 4.28. The zero-order chi connectivity index (χ0) is 13.9. The number of nitrogens with one attached hydrogen (secondary N) is 1. The van der Waals surface area contributed by atoms with E-state index >= 15 is 0 Å². The number of likely N-dealkylation sites (N-methyl/N-ethyl adjacent to an activating group) is 1. The van der Waals surface area contributed by atoms with E-state index in [2.05, 4.69) is 48.1 Å². The number of rotatable bonds is 7. The quantitative estimate of drug-likeness (QED) is 0.836. The highest BCUT2D eigenvalue weighted by atomic mass is 15.3. The van der Waals surface area contributed by atoms with Crippen molar-refractivity contribution in [2.75, 3.05) is 6.54 Å². The van der Waals surface area contributed by atoms with Gasteiger partial charge in [-0.15, -0.1) is 0 Å². The maximum atomic E-state index is 4.83. The van der Waals surface area contributed by atoms with E-state index in [4.69, 9.17) is 5.10 Å². The lowest BCUT2D eigenvalue weighted by Gasteiger charge is -2.16. The average molecular weight is 271 g/mol. The van der Waals surface area contributed by atoms with Crippen LogP contribution in [-0.4, -0.2) is 22.4 Å². The van der Waals surface area contributed by atoms with Crippen molar-refractivity contribution >= 4 is 10.9 Å². The molecule has 1 N–H and O–H groups in total. The van der Waals surface area contributed by atoms with Gasteiger partial charge in [0.1, 0.15) is 0 Å². The molecule has 3 nitrogen and oxygen atoms in total. The molecule has 108 valence electrons. The molecular weight excluding hydrogens is 246 g/mol. The number of hydrogen-bond acceptors (Lipinski definition) is 2. The Morgan fingerprint density at radius 1 is 1.30 bits per heavy atom. The molecule has 1 saturated carbocycles. The first-order valence-corrected chi connectivity index (χ1v) is 7.99. The van der Waals surface area contributed by atoms with Gasteiger partial charge in [-0.05, 0) is 31.9 Å². The van der Waals surface area contributed by atoms with Crippen LogP contribution in [0.4, 0.5) is 0 Å². The van der Waals surface area contributed by atoms with E-state index in [1.165, 1.54) is 35.9 Å². The molecule has 0 bridgehead atoms. The van der Waals surface area contributed by atoms with Gasteiger partial charge in [-0.2, -0.15) is 5.10 Å². The predicted octanol–water partition coefficient (Wildman–Crippen LogP) is 3.38. The minimum Gasteiger partial charge on any atom is -0.314 e. The third kappa shape index (κ3) is 2.88. The van der Waals surface area contributed by atoms with E-state index in [1.54, 1.807) is 0 Å². The molecule has 3 rings (SSSR count). The van der Waals surface area contributed by atoms with Crippen LogP contribution in [-0.2, 0) is 13.0 Å². The first kappa shape index (κ1) is 13.6. The molecular formula is C17H25N3. The van der Waals surface area contributed by atoms with E-state index in [1.807, 2.05) is 0 Å². The van der Waals surface area contributed by atoms with Crippen molar-refractivity contribution < 1.29 is 0 Å². The summed E-state index contributed by atoms with van der Waals surface area (Å²) in [5.74, 6) is 0.957. The highest BCUT2D eigenvalue weighted by molar-refractivity contribution is 5.82. The van der Waals surface area contributed by atoms with Gasteiger partial charge in [-0.3, -0.25) is 4.68 Å². The van der Waals surface area contributed by atoms with Gasteiger partial charge in [0.05, 0.1) is 11.2 Å². The van der Waals surface area contributed by atoms with Crippen LogP contribution in [0.1, 0.15) is 38.8 Å². The molecule has 3 heteroatoms. The molecule has 1 aliphatic carbocycles. The van der Waals surface area contributed by atoms with E-state index in [0.29, 0.717) is 6.04 Å². The number of hydrogen-bond donors (Lipinski definition) is 1. The monoisotopic (exact) mass is 271 g/mol. The molecule has 1 aromatic heterocycles. The maximum Gasteiger partial charge on any atom is 0.0718 e.